The average Bonchev–Trinajstić information content (AvgIpc) is 2.69. The van der Waals surface area contributed by atoms with Gasteiger partial charge in [0.15, 0.2) is 5.78 Å². The fourth-order valence-corrected chi connectivity index (χ4v) is 2.49. The molecule has 0 heterocycles. The number of amides is 1. The Morgan fingerprint density at radius 3 is 1.85 bits per heavy atom. The zero-order valence-electron chi connectivity index (χ0n) is 14.6. The highest BCUT2D eigenvalue weighted by Crippen LogP contribution is 2.18. The third-order valence-corrected chi connectivity index (χ3v) is 3.80. The Hall–Kier alpha value is -3.73. The van der Waals surface area contributed by atoms with Gasteiger partial charge in [0.25, 0.3) is 0 Å². The van der Waals surface area contributed by atoms with Crippen molar-refractivity contribution in [2.45, 2.75) is 6.92 Å². The maximum absolute atomic E-state index is 12.4. The number of esters is 1. The normalized spacial score (nSPS) is 10.1. The number of nitrogens with one attached hydrogen (secondary N) is 1. The summed E-state index contributed by atoms with van der Waals surface area (Å²) >= 11 is 0. The molecule has 3 rings (SSSR count). The van der Waals surface area contributed by atoms with Gasteiger partial charge < -0.3 is 10.1 Å². The van der Waals surface area contributed by atoms with E-state index in [9.17, 15) is 14.4 Å². The molecule has 134 valence electrons. The zero-order valence-corrected chi connectivity index (χ0v) is 14.6. The maximum Gasteiger partial charge on any atom is 0.343 e. The zero-order chi connectivity index (χ0) is 19.2. The van der Waals surface area contributed by atoms with E-state index >= 15 is 0 Å². The second-order valence-corrected chi connectivity index (χ2v) is 5.87. The van der Waals surface area contributed by atoms with E-state index in [-0.39, 0.29) is 11.7 Å². The van der Waals surface area contributed by atoms with Gasteiger partial charge in [-0.1, -0.05) is 30.3 Å². The molecule has 0 saturated carbocycles. The van der Waals surface area contributed by atoms with E-state index < -0.39 is 5.97 Å². The largest absolute Gasteiger partial charge is 0.423 e. The fourth-order valence-electron chi connectivity index (χ4n) is 2.49. The van der Waals surface area contributed by atoms with Crippen molar-refractivity contribution < 1.29 is 19.1 Å². The summed E-state index contributed by atoms with van der Waals surface area (Å²) in [5.41, 5.74) is 2.07. The number of benzene rings is 3. The molecule has 0 aliphatic rings. The molecule has 0 radical (unpaired) electrons. The minimum Gasteiger partial charge on any atom is -0.423 e. The van der Waals surface area contributed by atoms with Crippen LogP contribution in [0.1, 0.15) is 33.2 Å². The molecule has 1 amide bonds. The highest BCUT2D eigenvalue weighted by molar-refractivity contribution is 6.09. The first-order chi connectivity index (χ1) is 13.0. The van der Waals surface area contributed by atoms with Crippen molar-refractivity contribution in [1.82, 2.24) is 0 Å². The first-order valence-electron chi connectivity index (χ1n) is 8.32. The van der Waals surface area contributed by atoms with Gasteiger partial charge in [-0.25, -0.2) is 4.79 Å². The average molecular weight is 359 g/mol. The van der Waals surface area contributed by atoms with Gasteiger partial charge in [0.1, 0.15) is 5.75 Å². The standard InChI is InChI=1S/C22H17NO4/c1-15(24)23-19-11-7-18(8-12-19)22(26)27-20-13-9-17(10-14-20)21(25)16-5-3-2-4-6-16/h2-14H,1H3,(H,23,24). The Morgan fingerprint density at radius 2 is 1.26 bits per heavy atom. The van der Waals surface area contributed by atoms with Gasteiger partial charge >= 0.3 is 5.97 Å². The first-order valence-corrected chi connectivity index (χ1v) is 8.32. The van der Waals surface area contributed by atoms with Crippen LogP contribution in [0.15, 0.2) is 78.9 Å². The van der Waals surface area contributed by atoms with E-state index in [0.29, 0.717) is 28.1 Å². The summed E-state index contributed by atoms with van der Waals surface area (Å²) < 4.78 is 5.32. The van der Waals surface area contributed by atoms with Crippen LogP contribution in [0.3, 0.4) is 0 Å². The van der Waals surface area contributed by atoms with Crippen LogP contribution in [0.4, 0.5) is 5.69 Å². The van der Waals surface area contributed by atoms with Crippen LogP contribution in [0.2, 0.25) is 0 Å². The molecule has 0 saturated heterocycles. The first kappa shape index (κ1) is 18.1. The van der Waals surface area contributed by atoms with E-state index in [2.05, 4.69) is 5.32 Å². The molecular formula is C22H17NO4. The minimum absolute atomic E-state index is 0.0953. The summed E-state index contributed by atoms with van der Waals surface area (Å²) in [5.74, 6) is -0.459. The summed E-state index contributed by atoms with van der Waals surface area (Å²) in [6.45, 7) is 1.41. The van der Waals surface area contributed by atoms with Crippen LogP contribution in [0.25, 0.3) is 0 Å². The predicted molar refractivity (Wildman–Crippen MR) is 102 cm³/mol. The molecule has 0 aliphatic carbocycles. The second-order valence-electron chi connectivity index (χ2n) is 5.87. The number of ketones is 1. The van der Waals surface area contributed by atoms with E-state index in [1.165, 1.54) is 6.92 Å². The van der Waals surface area contributed by atoms with Gasteiger partial charge in [-0.2, -0.15) is 0 Å². The molecule has 0 unspecified atom stereocenters. The molecule has 5 nitrogen and oxygen atoms in total. The quantitative estimate of drug-likeness (QED) is 0.423. The smallest absolute Gasteiger partial charge is 0.343 e. The molecule has 3 aromatic rings. The van der Waals surface area contributed by atoms with Gasteiger partial charge in [0, 0.05) is 23.7 Å². The summed E-state index contributed by atoms with van der Waals surface area (Å²) in [4.78, 5) is 35.6. The number of carbonyl (C=O) groups excluding carboxylic acids is 3. The maximum atomic E-state index is 12.4. The lowest BCUT2D eigenvalue weighted by Gasteiger charge is -2.07. The van der Waals surface area contributed by atoms with Gasteiger partial charge in [-0.3, -0.25) is 9.59 Å². The van der Waals surface area contributed by atoms with Gasteiger partial charge in [-0.15, -0.1) is 0 Å². The summed E-state index contributed by atoms with van der Waals surface area (Å²) in [6, 6.07) is 21.8. The Kier molecular flexibility index (Phi) is 5.42. The van der Waals surface area contributed by atoms with E-state index in [0.717, 1.165) is 0 Å². The molecule has 0 atom stereocenters. The van der Waals surface area contributed by atoms with Crippen LogP contribution >= 0.6 is 0 Å². The molecule has 27 heavy (non-hydrogen) atoms. The monoisotopic (exact) mass is 359 g/mol. The van der Waals surface area contributed by atoms with E-state index in [1.807, 2.05) is 6.07 Å². The Balaban J connectivity index is 1.66. The van der Waals surface area contributed by atoms with Crippen molar-refractivity contribution in [3.63, 3.8) is 0 Å². The molecular weight excluding hydrogens is 342 g/mol. The van der Waals surface area contributed by atoms with Crippen LogP contribution in [-0.4, -0.2) is 17.7 Å². The summed E-state index contributed by atoms with van der Waals surface area (Å²) in [6.07, 6.45) is 0. The molecule has 0 aliphatic heterocycles. The Morgan fingerprint density at radius 1 is 0.704 bits per heavy atom. The summed E-state index contributed by atoms with van der Waals surface area (Å²) in [7, 11) is 0. The second kappa shape index (κ2) is 8.10. The van der Waals surface area contributed by atoms with Crippen LogP contribution in [0, 0.1) is 0 Å². The van der Waals surface area contributed by atoms with Crippen LogP contribution in [-0.2, 0) is 4.79 Å². The van der Waals surface area contributed by atoms with Crippen molar-refractivity contribution in [3.05, 3.63) is 95.6 Å². The Bertz CT molecular complexity index is 961. The third-order valence-electron chi connectivity index (χ3n) is 3.80. The molecule has 0 fully saturated rings. The number of hydrogen-bond donors (Lipinski definition) is 1. The summed E-state index contributed by atoms with van der Waals surface area (Å²) in [5, 5.41) is 2.63. The van der Waals surface area contributed by atoms with Crippen molar-refractivity contribution in [2.24, 2.45) is 0 Å². The molecule has 1 N–H and O–H groups in total. The lowest BCUT2D eigenvalue weighted by molar-refractivity contribution is -0.114. The highest BCUT2D eigenvalue weighted by Gasteiger charge is 2.11. The van der Waals surface area contributed by atoms with Gasteiger partial charge in [0.2, 0.25) is 5.91 Å². The predicted octanol–water partition coefficient (Wildman–Crippen LogP) is 4.10. The van der Waals surface area contributed by atoms with Crippen molar-refractivity contribution >= 4 is 23.3 Å². The third kappa shape index (κ3) is 4.67. The topological polar surface area (TPSA) is 72.5 Å². The highest BCUT2D eigenvalue weighted by atomic mass is 16.5. The van der Waals surface area contributed by atoms with Gasteiger partial charge in [-0.05, 0) is 48.5 Å². The van der Waals surface area contributed by atoms with E-state index in [1.54, 1.807) is 72.8 Å². The molecule has 0 bridgehead atoms. The van der Waals surface area contributed by atoms with E-state index in [4.69, 9.17) is 4.74 Å². The number of anilines is 1. The lowest BCUT2D eigenvalue weighted by atomic mass is 10.0. The minimum atomic E-state index is -0.522. The number of hydrogen-bond acceptors (Lipinski definition) is 4. The Labute approximate surface area is 156 Å². The van der Waals surface area contributed by atoms with Crippen LogP contribution < -0.4 is 10.1 Å². The lowest BCUT2D eigenvalue weighted by Crippen LogP contribution is -2.10. The van der Waals surface area contributed by atoms with Gasteiger partial charge in [0.05, 0.1) is 5.56 Å². The SMILES string of the molecule is CC(=O)Nc1ccc(C(=O)Oc2ccc(C(=O)c3ccccc3)cc2)cc1. The molecule has 3 aromatic carbocycles. The number of rotatable bonds is 5. The molecule has 0 spiro atoms. The van der Waals surface area contributed by atoms with Crippen molar-refractivity contribution in [3.8, 4) is 5.75 Å². The number of carbonyl (C=O) groups is 3. The van der Waals surface area contributed by atoms with Crippen molar-refractivity contribution in [2.75, 3.05) is 5.32 Å². The number of ether oxygens (including phenoxy) is 1. The van der Waals surface area contributed by atoms with Crippen molar-refractivity contribution in [1.29, 1.82) is 0 Å². The fraction of sp³-hybridized carbons (Fsp3) is 0.0455. The molecule has 5 heteroatoms. The molecule has 0 aromatic heterocycles. The van der Waals surface area contributed by atoms with Crippen LogP contribution in [0.5, 0.6) is 5.75 Å².